The molecule has 0 aliphatic rings. The summed E-state index contributed by atoms with van der Waals surface area (Å²) in [7, 11) is 0. The Morgan fingerprint density at radius 1 is 1.53 bits per heavy atom. The molecule has 2 atom stereocenters. The quantitative estimate of drug-likeness (QED) is 0.668. The second-order valence-electron chi connectivity index (χ2n) is 3.13. The second kappa shape index (κ2) is 5.37. The maximum atomic E-state index is 12.7. The van der Waals surface area contributed by atoms with Crippen LogP contribution in [0.3, 0.4) is 0 Å². The number of aliphatic hydroxyl groups is 2. The van der Waals surface area contributed by atoms with Gasteiger partial charge in [-0.25, -0.2) is 4.98 Å². The Morgan fingerprint density at radius 2 is 2.20 bits per heavy atom. The van der Waals surface area contributed by atoms with Crippen LogP contribution in [0.5, 0.6) is 0 Å². The fraction of sp³-hybridized carbons (Fsp3) is 0.444. The molecular weight excluding hydrogens is 223 g/mol. The number of nitrogens with zero attached hydrogens (tertiary/aromatic N) is 1. The van der Waals surface area contributed by atoms with E-state index >= 15 is 0 Å². The minimum Gasteiger partial charge on any atom is -0.390 e. The molecule has 0 amide bonds. The van der Waals surface area contributed by atoms with Gasteiger partial charge in [0.15, 0.2) is 0 Å². The fourth-order valence-electron chi connectivity index (χ4n) is 1.15. The Kier molecular flexibility index (Phi) is 4.41. The molecule has 4 nitrogen and oxygen atoms in total. The van der Waals surface area contributed by atoms with Gasteiger partial charge < -0.3 is 15.9 Å². The molecule has 0 saturated heterocycles. The Hall–Kier alpha value is -0.750. The monoisotopic (exact) mass is 234 g/mol. The number of pyridine rings is 1. The van der Waals surface area contributed by atoms with Crippen LogP contribution in [-0.2, 0) is 0 Å². The molecule has 1 rings (SSSR count). The summed E-state index contributed by atoms with van der Waals surface area (Å²) in [5.74, 6) is -0.805. The molecule has 1 aromatic rings. The average Bonchev–Trinajstić information content (AvgIpc) is 2.21. The van der Waals surface area contributed by atoms with Crippen molar-refractivity contribution in [1.29, 1.82) is 0 Å². The van der Waals surface area contributed by atoms with E-state index in [1.54, 1.807) is 0 Å². The summed E-state index contributed by atoms with van der Waals surface area (Å²) in [6.45, 7) is 0.251. The van der Waals surface area contributed by atoms with Crippen molar-refractivity contribution in [2.75, 3.05) is 6.54 Å². The normalized spacial score (nSPS) is 15.0. The lowest BCUT2D eigenvalue weighted by Gasteiger charge is -2.17. The third-order valence-electron chi connectivity index (χ3n) is 1.99. The van der Waals surface area contributed by atoms with E-state index in [2.05, 4.69) is 4.98 Å². The molecule has 15 heavy (non-hydrogen) atoms. The zero-order chi connectivity index (χ0) is 11.4. The number of aromatic nitrogens is 1. The molecule has 0 saturated carbocycles. The van der Waals surface area contributed by atoms with Crippen molar-refractivity contribution in [1.82, 2.24) is 4.98 Å². The lowest BCUT2D eigenvalue weighted by molar-refractivity contribution is 0.0147. The highest BCUT2D eigenvalue weighted by atomic mass is 35.5. The van der Waals surface area contributed by atoms with Gasteiger partial charge in [-0.05, 0) is 19.0 Å². The van der Waals surface area contributed by atoms with E-state index in [0.717, 1.165) is 6.20 Å². The summed E-state index contributed by atoms with van der Waals surface area (Å²) in [5.41, 5.74) is 5.49. The molecule has 0 spiro atoms. The molecule has 0 aliphatic carbocycles. The fourth-order valence-corrected chi connectivity index (χ4v) is 1.32. The Morgan fingerprint density at radius 3 is 2.73 bits per heavy atom. The highest BCUT2D eigenvalue weighted by Gasteiger charge is 2.18. The second-order valence-corrected chi connectivity index (χ2v) is 3.54. The van der Waals surface area contributed by atoms with Crippen molar-refractivity contribution in [2.45, 2.75) is 18.6 Å². The van der Waals surface area contributed by atoms with Gasteiger partial charge in [-0.2, -0.15) is 4.39 Å². The molecule has 2 unspecified atom stereocenters. The van der Waals surface area contributed by atoms with E-state index in [0.29, 0.717) is 0 Å². The van der Waals surface area contributed by atoms with Crippen molar-refractivity contribution < 1.29 is 14.6 Å². The van der Waals surface area contributed by atoms with Crippen LogP contribution in [0, 0.1) is 5.95 Å². The standard InChI is InChI=1S/C9H12ClFN2O2/c10-6-3-5(4-13-9(6)11)8(15)7(14)1-2-12/h3-4,7-8,14-15H,1-2,12H2. The van der Waals surface area contributed by atoms with Gasteiger partial charge >= 0.3 is 0 Å². The smallest absolute Gasteiger partial charge is 0.231 e. The van der Waals surface area contributed by atoms with E-state index in [4.69, 9.17) is 17.3 Å². The van der Waals surface area contributed by atoms with Crippen LogP contribution in [0.2, 0.25) is 5.02 Å². The third-order valence-corrected chi connectivity index (χ3v) is 2.25. The minimum absolute atomic E-state index is 0.188. The highest BCUT2D eigenvalue weighted by Crippen LogP contribution is 2.22. The molecule has 4 N–H and O–H groups in total. The number of hydrogen-bond acceptors (Lipinski definition) is 4. The van der Waals surface area contributed by atoms with Gasteiger partial charge in [-0.15, -0.1) is 0 Å². The zero-order valence-corrected chi connectivity index (χ0v) is 8.65. The van der Waals surface area contributed by atoms with Crippen molar-refractivity contribution in [2.24, 2.45) is 5.73 Å². The first kappa shape index (κ1) is 12.3. The highest BCUT2D eigenvalue weighted by molar-refractivity contribution is 6.30. The molecule has 0 fully saturated rings. The molecule has 84 valence electrons. The van der Waals surface area contributed by atoms with Gasteiger partial charge in [-0.3, -0.25) is 0 Å². The molecule has 1 aromatic heterocycles. The number of hydrogen-bond donors (Lipinski definition) is 3. The first-order chi connectivity index (χ1) is 7.06. The number of nitrogens with two attached hydrogens (primary N) is 1. The molecular formula is C9H12ClFN2O2. The van der Waals surface area contributed by atoms with Gasteiger partial charge in [0.25, 0.3) is 0 Å². The number of aliphatic hydroxyl groups excluding tert-OH is 2. The SMILES string of the molecule is NCCC(O)C(O)c1cnc(F)c(Cl)c1. The van der Waals surface area contributed by atoms with Crippen LogP contribution in [0.15, 0.2) is 12.3 Å². The predicted molar refractivity (Wildman–Crippen MR) is 53.8 cm³/mol. The van der Waals surface area contributed by atoms with Gasteiger partial charge in [0.2, 0.25) is 5.95 Å². The van der Waals surface area contributed by atoms with Crippen LogP contribution >= 0.6 is 11.6 Å². The van der Waals surface area contributed by atoms with Crippen LogP contribution in [0.1, 0.15) is 18.1 Å². The summed E-state index contributed by atoms with van der Waals surface area (Å²) in [5, 5.41) is 18.9. The molecule has 1 heterocycles. The van der Waals surface area contributed by atoms with Gasteiger partial charge in [-0.1, -0.05) is 11.6 Å². The van der Waals surface area contributed by atoms with Crippen LogP contribution in [0.25, 0.3) is 0 Å². The third kappa shape index (κ3) is 3.10. The van der Waals surface area contributed by atoms with E-state index in [-0.39, 0.29) is 23.6 Å². The summed E-state index contributed by atoms with van der Waals surface area (Å²) in [6.07, 6.45) is -0.778. The van der Waals surface area contributed by atoms with Crippen molar-refractivity contribution in [3.63, 3.8) is 0 Å². The van der Waals surface area contributed by atoms with Gasteiger partial charge in [0.1, 0.15) is 6.10 Å². The summed E-state index contributed by atoms with van der Waals surface area (Å²) in [4.78, 5) is 3.34. The van der Waals surface area contributed by atoms with E-state index in [9.17, 15) is 14.6 Å². The first-order valence-corrected chi connectivity index (χ1v) is 4.81. The van der Waals surface area contributed by atoms with Crippen molar-refractivity contribution in [3.8, 4) is 0 Å². The van der Waals surface area contributed by atoms with Crippen molar-refractivity contribution >= 4 is 11.6 Å². The Balaban J connectivity index is 2.81. The van der Waals surface area contributed by atoms with Gasteiger partial charge in [0.05, 0.1) is 11.1 Å². The Bertz CT molecular complexity index is 338. The Labute approximate surface area is 91.5 Å². The molecule has 6 heteroatoms. The van der Waals surface area contributed by atoms with E-state index in [1.807, 2.05) is 0 Å². The maximum absolute atomic E-state index is 12.7. The molecule has 0 aromatic carbocycles. The van der Waals surface area contributed by atoms with E-state index < -0.39 is 18.2 Å². The van der Waals surface area contributed by atoms with Crippen LogP contribution in [0.4, 0.5) is 4.39 Å². The number of halogens is 2. The maximum Gasteiger partial charge on any atom is 0.231 e. The predicted octanol–water partition coefficient (Wildman–Crippen LogP) is 0.617. The zero-order valence-electron chi connectivity index (χ0n) is 7.90. The molecule has 0 aliphatic heterocycles. The first-order valence-electron chi connectivity index (χ1n) is 4.43. The summed E-state index contributed by atoms with van der Waals surface area (Å²) < 4.78 is 12.7. The number of rotatable bonds is 4. The molecule has 0 bridgehead atoms. The lowest BCUT2D eigenvalue weighted by Crippen LogP contribution is -2.22. The van der Waals surface area contributed by atoms with Crippen molar-refractivity contribution in [3.05, 3.63) is 28.8 Å². The van der Waals surface area contributed by atoms with E-state index in [1.165, 1.54) is 6.07 Å². The molecule has 0 radical (unpaired) electrons. The van der Waals surface area contributed by atoms with Gasteiger partial charge in [0, 0.05) is 11.8 Å². The van der Waals surface area contributed by atoms with Crippen LogP contribution < -0.4 is 5.73 Å². The summed E-state index contributed by atoms with van der Waals surface area (Å²) >= 11 is 5.48. The topological polar surface area (TPSA) is 79.4 Å². The average molecular weight is 235 g/mol. The van der Waals surface area contributed by atoms with Crippen LogP contribution in [-0.4, -0.2) is 27.8 Å². The lowest BCUT2D eigenvalue weighted by atomic mass is 10.0. The largest absolute Gasteiger partial charge is 0.390 e. The minimum atomic E-state index is -1.15. The summed E-state index contributed by atoms with van der Waals surface area (Å²) in [6, 6.07) is 1.23.